The minimum atomic E-state index is -0.342. The van der Waals surface area contributed by atoms with Gasteiger partial charge >= 0.3 is 5.76 Å². The van der Waals surface area contributed by atoms with Gasteiger partial charge in [-0.3, -0.25) is 4.57 Å². The first-order valence-electron chi connectivity index (χ1n) is 6.24. The number of nitrogens with two attached hydrogens (primary N) is 2. The molecule has 6 heteroatoms. The molecule has 2 aromatic rings. The molecule has 1 unspecified atom stereocenters. The van der Waals surface area contributed by atoms with Gasteiger partial charge in [-0.2, -0.15) is 0 Å². The Labute approximate surface area is 111 Å². The lowest BCUT2D eigenvalue weighted by Crippen LogP contribution is -2.40. The van der Waals surface area contributed by atoms with Crippen LogP contribution in [0.5, 0.6) is 0 Å². The van der Waals surface area contributed by atoms with Crippen LogP contribution in [0.3, 0.4) is 0 Å². The van der Waals surface area contributed by atoms with E-state index in [1.165, 1.54) is 4.57 Å². The number of oxazole rings is 1. The van der Waals surface area contributed by atoms with Crippen molar-refractivity contribution < 1.29 is 4.42 Å². The summed E-state index contributed by atoms with van der Waals surface area (Å²) in [6.45, 7) is 1.96. The monoisotopic (exact) mass is 264 g/mol. The molecule has 1 heterocycles. The van der Waals surface area contributed by atoms with Crippen LogP contribution in [0.25, 0.3) is 11.1 Å². The summed E-state index contributed by atoms with van der Waals surface area (Å²) in [4.78, 5) is 13.5. The smallest absolute Gasteiger partial charge is 0.408 e. The first kappa shape index (κ1) is 13.8. The number of fused-ring (bicyclic) bond motifs is 1. The second-order valence-corrected chi connectivity index (χ2v) is 4.92. The van der Waals surface area contributed by atoms with Crippen molar-refractivity contribution in [2.24, 2.45) is 18.5 Å². The lowest BCUT2D eigenvalue weighted by atomic mass is 10.2. The summed E-state index contributed by atoms with van der Waals surface area (Å²) in [6.07, 6.45) is 0. The Morgan fingerprint density at radius 2 is 2.21 bits per heavy atom. The third-order valence-corrected chi connectivity index (χ3v) is 3.16. The summed E-state index contributed by atoms with van der Waals surface area (Å²) in [5, 5.41) is 0. The van der Waals surface area contributed by atoms with Gasteiger partial charge in [0.1, 0.15) is 0 Å². The van der Waals surface area contributed by atoms with Crippen molar-refractivity contribution in [2.75, 3.05) is 20.1 Å². The zero-order valence-corrected chi connectivity index (χ0v) is 11.3. The number of hydrogen-bond donors (Lipinski definition) is 2. The molecule has 0 amide bonds. The molecule has 0 saturated heterocycles. The van der Waals surface area contributed by atoms with Gasteiger partial charge in [0.15, 0.2) is 5.58 Å². The second kappa shape index (κ2) is 5.56. The Balaban J connectivity index is 2.17. The zero-order valence-electron chi connectivity index (χ0n) is 11.3. The third-order valence-electron chi connectivity index (χ3n) is 3.16. The van der Waals surface area contributed by atoms with Crippen molar-refractivity contribution in [3.05, 3.63) is 34.3 Å². The zero-order chi connectivity index (χ0) is 14.0. The Morgan fingerprint density at radius 1 is 1.47 bits per heavy atom. The number of rotatable bonds is 5. The third kappa shape index (κ3) is 3.04. The summed E-state index contributed by atoms with van der Waals surface area (Å²) < 4.78 is 6.60. The second-order valence-electron chi connectivity index (χ2n) is 4.92. The fourth-order valence-corrected chi connectivity index (χ4v) is 2.12. The van der Waals surface area contributed by atoms with Crippen molar-refractivity contribution in [3.63, 3.8) is 0 Å². The van der Waals surface area contributed by atoms with Gasteiger partial charge in [0.05, 0.1) is 5.52 Å². The number of likely N-dealkylation sites (N-methyl/N-ethyl adjacent to an activating group) is 1. The van der Waals surface area contributed by atoms with Crippen LogP contribution < -0.4 is 17.2 Å². The van der Waals surface area contributed by atoms with Crippen LogP contribution in [0.4, 0.5) is 0 Å². The van der Waals surface area contributed by atoms with Gasteiger partial charge in [-0.1, -0.05) is 6.07 Å². The fraction of sp³-hybridized carbons (Fsp3) is 0.462. The SMILES string of the molecule is CN(Cc1ccc2oc(=O)n(C)c2c1)CC(N)CN. The quantitative estimate of drug-likeness (QED) is 0.783. The molecule has 0 fully saturated rings. The van der Waals surface area contributed by atoms with Crippen LogP contribution >= 0.6 is 0 Å². The van der Waals surface area contributed by atoms with E-state index in [-0.39, 0.29) is 11.8 Å². The Bertz CT molecular complexity index is 617. The van der Waals surface area contributed by atoms with E-state index in [2.05, 4.69) is 4.90 Å². The van der Waals surface area contributed by atoms with Crippen molar-refractivity contribution in [3.8, 4) is 0 Å². The molecule has 1 atom stereocenters. The number of aromatic nitrogens is 1. The van der Waals surface area contributed by atoms with Crippen LogP contribution in [-0.4, -0.2) is 35.6 Å². The van der Waals surface area contributed by atoms with E-state index in [0.29, 0.717) is 12.1 Å². The van der Waals surface area contributed by atoms with Crippen LogP contribution in [0, 0.1) is 0 Å². The number of nitrogens with zero attached hydrogens (tertiary/aromatic N) is 2. The van der Waals surface area contributed by atoms with E-state index in [0.717, 1.165) is 24.2 Å². The van der Waals surface area contributed by atoms with Gasteiger partial charge < -0.3 is 20.8 Å². The van der Waals surface area contributed by atoms with E-state index in [1.807, 2.05) is 25.2 Å². The van der Waals surface area contributed by atoms with Crippen molar-refractivity contribution in [1.82, 2.24) is 9.47 Å². The van der Waals surface area contributed by atoms with Gasteiger partial charge in [-0.05, 0) is 24.7 Å². The topological polar surface area (TPSA) is 90.4 Å². The van der Waals surface area contributed by atoms with E-state index >= 15 is 0 Å². The number of aryl methyl sites for hydroxylation is 1. The maximum Gasteiger partial charge on any atom is 0.419 e. The Hall–Kier alpha value is -1.63. The maximum atomic E-state index is 11.4. The summed E-state index contributed by atoms with van der Waals surface area (Å²) in [5.74, 6) is -0.342. The molecular weight excluding hydrogens is 244 g/mol. The van der Waals surface area contributed by atoms with Crippen LogP contribution in [0.1, 0.15) is 5.56 Å². The highest BCUT2D eigenvalue weighted by atomic mass is 16.4. The van der Waals surface area contributed by atoms with Gasteiger partial charge in [0.25, 0.3) is 0 Å². The maximum absolute atomic E-state index is 11.4. The highest BCUT2D eigenvalue weighted by Gasteiger charge is 2.09. The van der Waals surface area contributed by atoms with Gasteiger partial charge in [-0.25, -0.2) is 4.79 Å². The summed E-state index contributed by atoms with van der Waals surface area (Å²) in [6, 6.07) is 5.72. The van der Waals surface area contributed by atoms with E-state index in [4.69, 9.17) is 15.9 Å². The van der Waals surface area contributed by atoms with E-state index in [1.54, 1.807) is 7.05 Å². The molecule has 0 bridgehead atoms. The van der Waals surface area contributed by atoms with Gasteiger partial charge in [-0.15, -0.1) is 0 Å². The molecule has 0 spiro atoms. The van der Waals surface area contributed by atoms with Gasteiger partial charge in [0.2, 0.25) is 0 Å². The summed E-state index contributed by atoms with van der Waals surface area (Å²) in [7, 11) is 3.69. The largest absolute Gasteiger partial charge is 0.419 e. The standard InChI is InChI=1S/C13H20N4O2/c1-16(8-10(15)6-14)7-9-3-4-12-11(5-9)17(2)13(18)19-12/h3-5,10H,6-8,14-15H2,1-2H3. The minimum Gasteiger partial charge on any atom is -0.408 e. The van der Waals surface area contributed by atoms with Crippen LogP contribution in [0.2, 0.25) is 0 Å². The lowest BCUT2D eigenvalue weighted by molar-refractivity contribution is 0.305. The molecule has 19 heavy (non-hydrogen) atoms. The summed E-state index contributed by atoms with van der Waals surface area (Å²) >= 11 is 0. The molecule has 1 aromatic heterocycles. The van der Waals surface area contributed by atoms with Crippen molar-refractivity contribution in [1.29, 1.82) is 0 Å². The molecule has 6 nitrogen and oxygen atoms in total. The predicted molar refractivity (Wildman–Crippen MR) is 74.8 cm³/mol. The average molecular weight is 264 g/mol. The number of hydrogen-bond acceptors (Lipinski definition) is 5. The average Bonchev–Trinajstić information content (AvgIpc) is 2.65. The Morgan fingerprint density at radius 3 is 2.89 bits per heavy atom. The molecule has 0 aliphatic heterocycles. The lowest BCUT2D eigenvalue weighted by Gasteiger charge is -2.20. The predicted octanol–water partition coefficient (Wildman–Crippen LogP) is -0.151. The highest BCUT2D eigenvalue weighted by Crippen LogP contribution is 2.15. The van der Waals surface area contributed by atoms with Crippen molar-refractivity contribution in [2.45, 2.75) is 12.6 Å². The van der Waals surface area contributed by atoms with E-state index < -0.39 is 0 Å². The van der Waals surface area contributed by atoms with E-state index in [9.17, 15) is 4.79 Å². The normalized spacial score (nSPS) is 13.3. The van der Waals surface area contributed by atoms with Crippen molar-refractivity contribution >= 4 is 11.1 Å². The molecule has 0 saturated carbocycles. The molecule has 104 valence electrons. The van der Waals surface area contributed by atoms with Crippen LogP contribution in [-0.2, 0) is 13.6 Å². The highest BCUT2D eigenvalue weighted by molar-refractivity contribution is 5.73. The number of benzene rings is 1. The van der Waals surface area contributed by atoms with Crippen LogP contribution in [0.15, 0.2) is 27.4 Å². The molecule has 0 aliphatic rings. The Kier molecular flexibility index (Phi) is 4.04. The fourth-order valence-electron chi connectivity index (χ4n) is 2.12. The van der Waals surface area contributed by atoms with Gasteiger partial charge in [0, 0.05) is 32.7 Å². The molecule has 0 radical (unpaired) electrons. The first-order valence-corrected chi connectivity index (χ1v) is 6.24. The molecule has 0 aliphatic carbocycles. The minimum absolute atomic E-state index is 0.0213. The summed E-state index contributed by atoms with van der Waals surface area (Å²) in [5.41, 5.74) is 13.8. The molecule has 4 N–H and O–H groups in total. The molecule has 2 rings (SSSR count). The first-order chi connectivity index (χ1) is 9.01. The molecular formula is C13H20N4O2. The molecule has 1 aromatic carbocycles.